The van der Waals surface area contributed by atoms with Gasteiger partial charge in [-0.25, -0.2) is 4.98 Å². The molecule has 0 aliphatic carbocycles. The average molecular weight is 255 g/mol. The van der Waals surface area contributed by atoms with E-state index in [0.29, 0.717) is 0 Å². The van der Waals surface area contributed by atoms with Crippen LogP contribution in [-0.4, -0.2) is 22.7 Å². The third-order valence-electron chi connectivity index (χ3n) is 1.79. The highest BCUT2D eigenvalue weighted by molar-refractivity contribution is 6.29. The Labute approximate surface area is 95.3 Å². The van der Waals surface area contributed by atoms with Crippen molar-refractivity contribution in [3.05, 3.63) is 22.8 Å². The van der Waals surface area contributed by atoms with Crippen LogP contribution in [0.2, 0.25) is 5.15 Å². The van der Waals surface area contributed by atoms with Gasteiger partial charge in [-0.3, -0.25) is 0 Å². The molecule has 1 atom stereocenters. The molecule has 0 amide bonds. The van der Waals surface area contributed by atoms with Crippen LogP contribution in [0.15, 0.2) is 12.1 Å². The van der Waals surface area contributed by atoms with Gasteiger partial charge in [-0.15, -0.1) is 0 Å². The topological polar surface area (TPSA) is 45.1 Å². The van der Waals surface area contributed by atoms with E-state index in [1.54, 1.807) is 6.92 Å². The van der Waals surface area contributed by atoms with Gasteiger partial charge >= 0.3 is 6.18 Å². The summed E-state index contributed by atoms with van der Waals surface area (Å²) in [7, 11) is 0. The van der Waals surface area contributed by atoms with Gasteiger partial charge in [-0.1, -0.05) is 11.6 Å². The number of nitrogens with one attached hydrogen (secondary N) is 1. The number of hydrogen-bond donors (Lipinski definition) is 2. The van der Waals surface area contributed by atoms with Gasteiger partial charge in [-0.05, 0) is 19.1 Å². The van der Waals surface area contributed by atoms with Gasteiger partial charge < -0.3 is 10.4 Å². The van der Waals surface area contributed by atoms with Crippen LogP contribution in [0.4, 0.5) is 19.0 Å². The maximum absolute atomic E-state index is 12.4. The molecule has 0 aliphatic rings. The Kier molecular flexibility index (Phi) is 3.98. The van der Waals surface area contributed by atoms with E-state index in [2.05, 4.69) is 10.3 Å². The van der Waals surface area contributed by atoms with Crippen LogP contribution >= 0.6 is 11.6 Å². The zero-order valence-electron chi connectivity index (χ0n) is 8.35. The van der Waals surface area contributed by atoms with Crippen LogP contribution in [0.25, 0.3) is 0 Å². The number of pyridine rings is 1. The van der Waals surface area contributed by atoms with E-state index in [1.165, 1.54) is 0 Å². The number of halogens is 4. The Hall–Kier alpha value is -1.01. The molecule has 2 N–H and O–H groups in total. The van der Waals surface area contributed by atoms with Crippen molar-refractivity contribution in [1.29, 1.82) is 0 Å². The number of alkyl halides is 3. The van der Waals surface area contributed by atoms with E-state index < -0.39 is 17.8 Å². The van der Waals surface area contributed by atoms with Crippen molar-refractivity contribution in [2.45, 2.75) is 19.1 Å². The Morgan fingerprint density at radius 2 is 2.12 bits per heavy atom. The molecule has 0 saturated carbocycles. The van der Waals surface area contributed by atoms with E-state index in [4.69, 9.17) is 16.7 Å². The summed E-state index contributed by atoms with van der Waals surface area (Å²) in [6, 6.07) is 1.20. The average Bonchev–Trinajstić information content (AvgIpc) is 2.15. The summed E-state index contributed by atoms with van der Waals surface area (Å²) in [4.78, 5) is 3.68. The van der Waals surface area contributed by atoms with Crippen molar-refractivity contribution in [2.24, 2.45) is 0 Å². The monoisotopic (exact) mass is 254 g/mol. The minimum absolute atomic E-state index is 0.0126. The molecule has 7 heteroatoms. The van der Waals surface area contributed by atoms with Crippen LogP contribution in [0.3, 0.4) is 0 Å². The first kappa shape index (κ1) is 13.1. The molecule has 1 heterocycles. The molecule has 0 aromatic carbocycles. The second kappa shape index (κ2) is 4.88. The highest BCUT2D eigenvalue weighted by Gasteiger charge is 2.31. The lowest BCUT2D eigenvalue weighted by Crippen LogP contribution is -2.20. The van der Waals surface area contributed by atoms with Crippen molar-refractivity contribution in [2.75, 3.05) is 11.9 Å². The van der Waals surface area contributed by atoms with Gasteiger partial charge in [0.1, 0.15) is 11.0 Å². The number of aliphatic hydroxyl groups is 1. The van der Waals surface area contributed by atoms with Crippen molar-refractivity contribution >= 4 is 17.4 Å². The summed E-state index contributed by atoms with van der Waals surface area (Å²) in [5.41, 5.74) is -0.875. The fourth-order valence-corrected chi connectivity index (χ4v) is 1.24. The van der Waals surface area contributed by atoms with Crippen LogP contribution in [-0.2, 0) is 6.18 Å². The third-order valence-corrected chi connectivity index (χ3v) is 1.98. The maximum Gasteiger partial charge on any atom is 0.416 e. The first-order chi connectivity index (χ1) is 7.32. The summed E-state index contributed by atoms with van der Waals surface area (Å²) in [5, 5.41) is 11.1. The first-order valence-electron chi connectivity index (χ1n) is 4.45. The molecule has 1 unspecified atom stereocenters. The number of rotatable bonds is 3. The smallest absolute Gasteiger partial charge is 0.394 e. The largest absolute Gasteiger partial charge is 0.416 e. The Morgan fingerprint density at radius 1 is 1.50 bits per heavy atom. The fourth-order valence-electron chi connectivity index (χ4n) is 1.03. The first-order valence-corrected chi connectivity index (χ1v) is 4.83. The lowest BCUT2D eigenvalue weighted by molar-refractivity contribution is -0.137. The molecule has 90 valence electrons. The molecule has 1 aromatic heterocycles. The maximum atomic E-state index is 12.4. The number of hydrogen-bond acceptors (Lipinski definition) is 3. The van der Waals surface area contributed by atoms with E-state index in [0.717, 1.165) is 12.1 Å². The lowest BCUT2D eigenvalue weighted by atomic mass is 10.2. The van der Waals surface area contributed by atoms with Crippen molar-refractivity contribution in [3.8, 4) is 0 Å². The highest BCUT2D eigenvalue weighted by Crippen LogP contribution is 2.31. The number of aromatic nitrogens is 1. The summed E-state index contributed by atoms with van der Waals surface area (Å²) in [6.07, 6.45) is -4.47. The molecule has 0 saturated heterocycles. The van der Waals surface area contributed by atoms with Gasteiger partial charge in [0.15, 0.2) is 0 Å². The summed E-state index contributed by atoms with van der Waals surface area (Å²) >= 11 is 5.47. The van der Waals surface area contributed by atoms with Gasteiger partial charge in [0.25, 0.3) is 0 Å². The number of anilines is 1. The van der Waals surface area contributed by atoms with Crippen LogP contribution in [0.5, 0.6) is 0 Å². The van der Waals surface area contributed by atoms with Crippen molar-refractivity contribution < 1.29 is 18.3 Å². The second-order valence-electron chi connectivity index (χ2n) is 3.29. The molecule has 1 rings (SSSR count). The fraction of sp³-hybridized carbons (Fsp3) is 0.444. The molecular weight excluding hydrogens is 245 g/mol. The van der Waals surface area contributed by atoms with Gasteiger partial charge in [0.05, 0.1) is 12.2 Å². The Morgan fingerprint density at radius 3 is 2.62 bits per heavy atom. The molecule has 0 aliphatic heterocycles. The minimum atomic E-state index is -4.47. The van der Waals surface area contributed by atoms with Gasteiger partial charge in [-0.2, -0.15) is 13.2 Å². The lowest BCUT2D eigenvalue weighted by Gasteiger charge is -2.14. The predicted molar refractivity (Wildman–Crippen MR) is 54.4 cm³/mol. The van der Waals surface area contributed by atoms with Gasteiger partial charge in [0, 0.05) is 6.04 Å². The number of aliphatic hydroxyl groups excluding tert-OH is 1. The summed E-state index contributed by atoms with van der Waals surface area (Å²) in [6.45, 7) is 1.39. The molecular formula is C9H10ClF3N2O. The normalized spacial score (nSPS) is 13.6. The quantitative estimate of drug-likeness (QED) is 0.815. The van der Waals surface area contributed by atoms with E-state index in [9.17, 15) is 13.2 Å². The van der Waals surface area contributed by atoms with E-state index in [-0.39, 0.29) is 17.6 Å². The SMILES string of the molecule is CC(CO)Nc1cc(C(F)(F)F)cc(Cl)n1. The molecule has 3 nitrogen and oxygen atoms in total. The van der Waals surface area contributed by atoms with Crippen LogP contribution in [0, 0.1) is 0 Å². The van der Waals surface area contributed by atoms with Crippen LogP contribution < -0.4 is 5.32 Å². The third kappa shape index (κ3) is 3.53. The Balaban J connectivity index is 2.99. The van der Waals surface area contributed by atoms with Crippen molar-refractivity contribution in [1.82, 2.24) is 4.98 Å². The minimum Gasteiger partial charge on any atom is -0.394 e. The highest BCUT2D eigenvalue weighted by atomic mass is 35.5. The number of nitrogens with zero attached hydrogens (tertiary/aromatic N) is 1. The standard InChI is InChI=1S/C9H10ClF3N2O/c1-5(4-16)14-8-3-6(9(11,12)13)2-7(10)15-8/h2-3,5,16H,4H2,1H3,(H,14,15). The van der Waals surface area contributed by atoms with Crippen LogP contribution in [0.1, 0.15) is 12.5 Å². The Bertz CT molecular complexity index is 370. The zero-order chi connectivity index (χ0) is 12.3. The van der Waals surface area contributed by atoms with Crippen molar-refractivity contribution in [3.63, 3.8) is 0 Å². The summed E-state index contributed by atoms with van der Waals surface area (Å²) in [5.74, 6) is -0.0126. The molecule has 0 spiro atoms. The molecule has 16 heavy (non-hydrogen) atoms. The molecule has 0 fully saturated rings. The van der Waals surface area contributed by atoms with E-state index in [1.807, 2.05) is 0 Å². The molecule has 1 aromatic rings. The molecule has 0 radical (unpaired) electrons. The zero-order valence-corrected chi connectivity index (χ0v) is 9.10. The molecule has 0 bridgehead atoms. The van der Waals surface area contributed by atoms with Gasteiger partial charge in [0.2, 0.25) is 0 Å². The predicted octanol–water partition coefficient (Wildman–Crippen LogP) is 2.55. The second-order valence-corrected chi connectivity index (χ2v) is 3.68. The van der Waals surface area contributed by atoms with E-state index >= 15 is 0 Å². The summed E-state index contributed by atoms with van der Waals surface area (Å²) < 4.78 is 37.2.